The first-order valence-corrected chi connectivity index (χ1v) is 4.63. The zero-order valence-corrected chi connectivity index (χ0v) is 8.88. The Labute approximate surface area is 94.4 Å². The second-order valence-electron chi connectivity index (χ2n) is 2.86. The van der Waals surface area contributed by atoms with Crippen molar-refractivity contribution in [1.29, 1.82) is 0 Å². The van der Waals surface area contributed by atoms with Gasteiger partial charge in [-0.1, -0.05) is 12.2 Å². The Balaban J connectivity index is 2.30. The molecule has 2 N–H and O–H groups in total. The maximum atomic E-state index is 11.7. The molecule has 0 spiro atoms. The third kappa shape index (κ3) is 4.53. The molecular weight excluding hydrogens is 245 g/mol. The van der Waals surface area contributed by atoms with Gasteiger partial charge >= 0.3 is 6.18 Å². The van der Waals surface area contributed by atoms with Crippen molar-refractivity contribution in [2.75, 3.05) is 13.2 Å². The first kappa shape index (κ1) is 12.8. The van der Waals surface area contributed by atoms with Crippen LogP contribution in [-0.4, -0.2) is 39.1 Å². The first-order valence-electron chi connectivity index (χ1n) is 4.22. The molecule has 0 unspecified atom stereocenters. The van der Waals surface area contributed by atoms with E-state index >= 15 is 0 Å². The number of alkyl halides is 3. The van der Waals surface area contributed by atoms with Crippen LogP contribution in [0.3, 0.4) is 0 Å². The number of nitrogens with zero attached hydrogens (tertiary/aromatic N) is 3. The largest absolute Gasteiger partial charge is 0.411 e. The Hall–Kier alpha value is -1.22. The van der Waals surface area contributed by atoms with Crippen molar-refractivity contribution >= 4 is 17.2 Å². The van der Waals surface area contributed by atoms with Crippen molar-refractivity contribution < 1.29 is 17.9 Å². The Morgan fingerprint density at radius 1 is 1.56 bits per heavy atom. The van der Waals surface area contributed by atoms with Gasteiger partial charge in [-0.05, 0) is 0 Å². The van der Waals surface area contributed by atoms with Gasteiger partial charge in [-0.3, -0.25) is 0 Å². The molecule has 0 radical (unpaired) electrons. The summed E-state index contributed by atoms with van der Waals surface area (Å²) in [5, 5.41) is 3.82. The predicted octanol–water partition coefficient (Wildman–Crippen LogP) is 0.491. The zero-order chi connectivity index (χ0) is 12.2. The lowest BCUT2D eigenvalue weighted by molar-refractivity contribution is -0.174. The molecule has 0 amide bonds. The summed E-state index contributed by atoms with van der Waals surface area (Å²) in [5.41, 5.74) is 5.25. The molecule has 0 saturated heterocycles. The number of aromatic nitrogens is 3. The van der Waals surface area contributed by atoms with Gasteiger partial charge in [0.1, 0.15) is 17.9 Å². The van der Waals surface area contributed by atoms with Gasteiger partial charge < -0.3 is 10.5 Å². The molecule has 1 heterocycles. The molecule has 0 aliphatic rings. The fraction of sp³-hybridized carbons (Fsp3) is 0.571. The highest BCUT2D eigenvalue weighted by Crippen LogP contribution is 2.14. The smallest absolute Gasteiger partial charge is 0.387 e. The van der Waals surface area contributed by atoms with Crippen LogP contribution >= 0.6 is 12.2 Å². The molecule has 90 valence electrons. The lowest BCUT2D eigenvalue weighted by Gasteiger charge is -2.06. The first-order chi connectivity index (χ1) is 7.38. The van der Waals surface area contributed by atoms with Crippen LogP contribution in [0, 0.1) is 0 Å². The normalized spacial score (nSPS) is 11.7. The van der Waals surface area contributed by atoms with E-state index < -0.39 is 12.8 Å². The molecule has 0 fully saturated rings. The molecule has 0 saturated carbocycles. The third-order valence-corrected chi connectivity index (χ3v) is 1.67. The average Bonchev–Trinajstić information content (AvgIpc) is 2.59. The SMILES string of the molecule is NC(=S)c1ncn(CCOCC(F)(F)F)n1. The van der Waals surface area contributed by atoms with E-state index in [9.17, 15) is 13.2 Å². The second kappa shape index (κ2) is 5.21. The average molecular weight is 254 g/mol. The highest BCUT2D eigenvalue weighted by molar-refractivity contribution is 7.80. The van der Waals surface area contributed by atoms with Gasteiger partial charge in [0.15, 0.2) is 0 Å². The van der Waals surface area contributed by atoms with Crippen molar-refractivity contribution in [1.82, 2.24) is 14.8 Å². The molecule has 1 aromatic rings. The van der Waals surface area contributed by atoms with Crippen molar-refractivity contribution in [3.8, 4) is 0 Å². The zero-order valence-electron chi connectivity index (χ0n) is 8.07. The van der Waals surface area contributed by atoms with Crippen LogP contribution in [0.2, 0.25) is 0 Å². The summed E-state index contributed by atoms with van der Waals surface area (Å²) in [6, 6.07) is 0. The highest BCUT2D eigenvalue weighted by Gasteiger charge is 2.27. The summed E-state index contributed by atoms with van der Waals surface area (Å²) in [6.07, 6.45) is -2.99. The predicted molar refractivity (Wildman–Crippen MR) is 52.8 cm³/mol. The van der Waals surface area contributed by atoms with Gasteiger partial charge in [-0.25, -0.2) is 9.67 Å². The number of rotatable bonds is 5. The maximum Gasteiger partial charge on any atom is 0.411 e. The van der Waals surface area contributed by atoms with Crippen molar-refractivity contribution in [3.05, 3.63) is 12.2 Å². The molecule has 0 aromatic carbocycles. The summed E-state index contributed by atoms with van der Waals surface area (Å²) in [6.45, 7) is -1.23. The number of ether oxygens (including phenoxy) is 1. The van der Waals surface area contributed by atoms with E-state index in [4.69, 9.17) is 5.73 Å². The summed E-state index contributed by atoms with van der Waals surface area (Å²) >= 11 is 4.62. The van der Waals surface area contributed by atoms with E-state index in [0.717, 1.165) is 0 Å². The van der Waals surface area contributed by atoms with Crippen LogP contribution in [0.5, 0.6) is 0 Å². The molecule has 1 rings (SSSR count). The summed E-state index contributed by atoms with van der Waals surface area (Å²) < 4.78 is 40.8. The van der Waals surface area contributed by atoms with Crippen LogP contribution in [0.1, 0.15) is 5.82 Å². The van der Waals surface area contributed by atoms with Crippen LogP contribution in [0.15, 0.2) is 6.33 Å². The van der Waals surface area contributed by atoms with E-state index in [2.05, 4.69) is 27.0 Å². The number of hydrogen-bond acceptors (Lipinski definition) is 4. The Kier molecular flexibility index (Phi) is 4.19. The molecule has 5 nitrogen and oxygen atoms in total. The lowest BCUT2D eigenvalue weighted by atomic mass is 10.6. The minimum Gasteiger partial charge on any atom is -0.387 e. The molecule has 1 aromatic heterocycles. The third-order valence-electron chi connectivity index (χ3n) is 1.49. The highest BCUT2D eigenvalue weighted by atomic mass is 32.1. The van der Waals surface area contributed by atoms with Gasteiger partial charge in [0.25, 0.3) is 0 Å². The van der Waals surface area contributed by atoms with E-state index in [1.54, 1.807) is 0 Å². The van der Waals surface area contributed by atoms with Gasteiger partial charge in [-0.2, -0.15) is 13.2 Å². The van der Waals surface area contributed by atoms with Gasteiger partial charge in [-0.15, -0.1) is 5.10 Å². The fourth-order valence-electron chi connectivity index (χ4n) is 0.861. The number of halogens is 3. The monoisotopic (exact) mass is 254 g/mol. The minimum absolute atomic E-state index is 0.0370. The standard InChI is InChI=1S/C7H9F3N4OS/c8-7(9,10)3-15-2-1-14-4-12-6(13-14)5(11)16/h4H,1-3H2,(H2,11,16). The fourth-order valence-corrected chi connectivity index (χ4v) is 0.955. The number of nitrogens with two attached hydrogens (primary N) is 1. The Bertz CT molecular complexity index is 365. The molecule has 9 heteroatoms. The molecule has 0 atom stereocenters. The van der Waals surface area contributed by atoms with Crippen LogP contribution in [0.4, 0.5) is 13.2 Å². The van der Waals surface area contributed by atoms with Gasteiger partial charge in [0, 0.05) is 0 Å². The molecule has 16 heavy (non-hydrogen) atoms. The summed E-state index contributed by atoms with van der Waals surface area (Å²) in [5.74, 6) is 0.186. The van der Waals surface area contributed by atoms with E-state index in [1.807, 2.05) is 0 Å². The Morgan fingerprint density at radius 2 is 2.25 bits per heavy atom. The molecule has 0 bridgehead atoms. The lowest BCUT2D eigenvalue weighted by Crippen LogP contribution is -2.19. The number of hydrogen-bond donors (Lipinski definition) is 1. The molecule has 0 aliphatic carbocycles. The van der Waals surface area contributed by atoms with Gasteiger partial charge in [0.05, 0.1) is 13.2 Å². The van der Waals surface area contributed by atoms with Crippen LogP contribution < -0.4 is 5.73 Å². The summed E-state index contributed by atoms with van der Waals surface area (Å²) in [4.78, 5) is 3.79. The van der Waals surface area contributed by atoms with Crippen LogP contribution in [0.25, 0.3) is 0 Å². The van der Waals surface area contributed by atoms with E-state index in [0.29, 0.717) is 0 Å². The van der Waals surface area contributed by atoms with Crippen molar-refractivity contribution in [3.63, 3.8) is 0 Å². The van der Waals surface area contributed by atoms with E-state index in [1.165, 1.54) is 11.0 Å². The van der Waals surface area contributed by atoms with Crippen molar-refractivity contribution in [2.24, 2.45) is 5.73 Å². The van der Waals surface area contributed by atoms with Crippen molar-refractivity contribution in [2.45, 2.75) is 12.7 Å². The Morgan fingerprint density at radius 3 is 2.75 bits per heavy atom. The quantitative estimate of drug-likeness (QED) is 0.612. The van der Waals surface area contributed by atoms with E-state index in [-0.39, 0.29) is 24.0 Å². The number of thiocarbonyl (C=S) groups is 1. The topological polar surface area (TPSA) is 66.0 Å². The van der Waals surface area contributed by atoms with Gasteiger partial charge in [0.2, 0.25) is 5.82 Å². The molecular formula is C7H9F3N4OS. The molecule has 0 aliphatic heterocycles. The summed E-state index contributed by atoms with van der Waals surface area (Å²) in [7, 11) is 0. The second-order valence-corrected chi connectivity index (χ2v) is 3.30. The minimum atomic E-state index is -4.31. The van der Waals surface area contributed by atoms with Crippen LogP contribution in [-0.2, 0) is 11.3 Å². The maximum absolute atomic E-state index is 11.7.